The fourth-order valence-electron chi connectivity index (χ4n) is 2.58. The van der Waals surface area contributed by atoms with Gasteiger partial charge in [-0.15, -0.1) is 0 Å². The molecule has 0 aromatic heterocycles. The van der Waals surface area contributed by atoms with Gasteiger partial charge in [0.15, 0.2) is 0 Å². The van der Waals surface area contributed by atoms with Crippen LogP contribution < -0.4 is 11.1 Å². The van der Waals surface area contributed by atoms with E-state index in [1.807, 2.05) is 0 Å². The third-order valence-corrected chi connectivity index (χ3v) is 4.10. The summed E-state index contributed by atoms with van der Waals surface area (Å²) in [7, 11) is 0. The smallest absolute Gasteiger partial charge is 0.225 e. The van der Waals surface area contributed by atoms with Crippen molar-refractivity contribution in [1.29, 1.82) is 0 Å². The molecule has 1 fully saturated rings. The van der Waals surface area contributed by atoms with Gasteiger partial charge in [0.25, 0.3) is 0 Å². The van der Waals surface area contributed by atoms with Crippen LogP contribution in [0.3, 0.4) is 0 Å². The van der Waals surface area contributed by atoms with E-state index in [0.29, 0.717) is 12.8 Å². The molecule has 1 aliphatic carbocycles. The van der Waals surface area contributed by atoms with Crippen molar-refractivity contribution in [3.63, 3.8) is 0 Å². The number of rotatable bonds is 4. The van der Waals surface area contributed by atoms with E-state index in [1.54, 1.807) is 0 Å². The third-order valence-electron chi connectivity index (χ3n) is 3.71. The second-order valence-electron chi connectivity index (χ2n) is 5.08. The van der Waals surface area contributed by atoms with Crippen molar-refractivity contribution in [1.82, 2.24) is 5.32 Å². The largest absolute Gasteiger partial charge is 0.391 e. The number of carbonyl (C=O) groups is 1. The molecule has 1 saturated carbocycles. The van der Waals surface area contributed by atoms with Crippen LogP contribution in [0.1, 0.15) is 31.2 Å². The predicted octanol–water partition coefficient (Wildman–Crippen LogP) is 2.22. The van der Waals surface area contributed by atoms with E-state index in [-0.39, 0.29) is 17.0 Å². The number of thiocarbonyl (C=S) groups is 1. The molecule has 0 saturated heterocycles. The Morgan fingerprint density at radius 2 is 1.85 bits per heavy atom. The fourth-order valence-corrected chi connectivity index (χ4v) is 2.84. The van der Waals surface area contributed by atoms with E-state index in [0.717, 1.165) is 25.0 Å². The van der Waals surface area contributed by atoms with Crippen molar-refractivity contribution in [2.75, 3.05) is 0 Å². The van der Waals surface area contributed by atoms with E-state index >= 15 is 0 Å². The summed E-state index contributed by atoms with van der Waals surface area (Å²) in [5, 5.41) is 2.76. The summed E-state index contributed by atoms with van der Waals surface area (Å²) >= 11 is 5.02. The summed E-state index contributed by atoms with van der Waals surface area (Å²) < 4.78 is 27.0. The van der Waals surface area contributed by atoms with Gasteiger partial charge in [-0.1, -0.05) is 31.1 Å². The van der Waals surface area contributed by atoms with Crippen LogP contribution in [0.2, 0.25) is 0 Å². The van der Waals surface area contributed by atoms with E-state index in [4.69, 9.17) is 18.0 Å². The zero-order valence-corrected chi connectivity index (χ0v) is 11.7. The molecule has 2 rings (SSSR count). The molecule has 1 aromatic rings. The van der Waals surface area contributed by atoms with Gasteiger partial charge in [-0.05, 0) is 25.0 Å². The normalized spacial score (nSPS) is 16.9. The minimum atomic E-state index is -0.726. The lowest BCUT2D eigenvalue weighted by Crippen LogP contribution is -2.55. The zero-order valence-electron chi connectivity index (χ0n) is 10.9. The molecule has 0 heterocycles. The van der Waals surface area contributed by atoms with Crippen LogP contribution in [0.15, 0.2) is 18.2 Å². The Kier molecular flexibility index (Phi) is 4.32. The van der Waals surface area contributed by atoms with Gasteiger partial charge in [-0.3, -0.25) is 4.79 Å². The van der Waals surface area contributed by atoms with Gasteiger partial charge in [-0.25, -0.2) is 8.78 Å². The molecule has 0 atom stereocenters. The van der Waals surface area contributed by atoms with Crippen LogP contribution in [0, 0.1) is 11.6 Å². The minimum absolute atomic E-state index is 0.234. The number of benzene rings is 1. The number of halogens is 2. The fraction of sp³-hybridized carbons (Fsp3) is 0.429. The summed E-state index contributed by atoms with van der Waals surface area (Å²) in [6, 6.07) is 3.52. The summed E-state index contributed by atoms with van der Waals surface area (Å²) in [6.45, 7) is 0. The van der Waals surface area contributed by atoms with Crippen molar-refractivity contribution < 1.29 is 13.6 Å². The van der Waals surface area contributed by atoms with Crippen LogP contribution >= 0.6 is 12.2 Å². The Morgan fingerprint density at radius 1 is 1.30 bits per heavy atom. The highest BCUT2D eigenvalue weighted by molar-refractivity contribution is 7.80. The van der Waals surface area contributed by atoms with E-state index in [9.17, 15) is 13.6 Å². The number of hydrogen-bond acceptors (Lipinski definition) is 2. The van der Waals surface area contributed by atoms with Crippen molar-refractivity contribution >= 4 is 23.1 Å². The molecule has 0 unspecified atom stereocenters. The Balaban J connectivity index is 2.11. The molecule has 1 amide bonds. The molecule has 0 aliphatic heterocycles. The second kappa shape index (κ2) is 5.83. The first-order valence-electron chi connectivity index (χ1n) is 6.48. The van der Waals surface area contributed by atoms with Gasteiger partial charge in [-0.2, -0.15) is 0 Å². The SMILES string of the molecule is NC(=S)C1(NC(=O)Cc2c(F)cccc2F)CCCC1. The van der Waals surface area contributed by atoms with Crippen molar-refractivity contribution in [3.05, 3.63) is 35.4 Å². The molecular weight excluding hydrogens is 282 g/mol. The van der Waals surface area contributed by atoms with Crippen LogP contribution in [-0.4, -0.2) is 16.4 Å². The predicted molar refractivity (Wildman–Crippen MR) is 76.2 cm³/mol. The average molecular weight is 298 g/mol. The Morgan fingerprint density at radius 3 is 2.35 bits per heavy atom. The van der Waals surface area contributed by atoms with Gasteiger partial charge in [0.2, 0.25) is 5.91 Å². The number of nitrogens with two attached hydrogens (primary N) is 1. The first-order chi connectivity index (χ1) is 9.44. The third kappa shape index (κ3) is 2.95. The van der Waals surface area contributed by atoms with E-state index in [1.165, 1.54) is 6.07 Å². The topological polar surface area (TPSA) is 55.1 Å². The van der Waals surface area contributed by atoms with Crippen LogP contribution in [0.4, 0.5) is 8.78 Å². The molecule has 0 bridgehead atoms. The van der Waals surface area contributed by atoms with Crippen molar-refractivity contribution in [3.8, 4) is 0 Å². The second-order valence-corrected chi connectivity index (χ2v) is 5.52. The van der Waals surface area contributed by atoms with Crippen molar-refractivity contribution in [2.24, 2.45) is 5.73 Å². The van der Waals surface area contributed by atoms with Crippen LogP contribution in [-0.2, 0) is 11.2 Å². The lowest BCUT2D eigenvalue weighted by atomic mass is 9.97. The molecule has 3 nitrogen and oxygen atoms in total. The highest BCUT2D eigenvalue weighted by Gasteiger charge is 2.38. The summed E-state index contributed by atoms with van der Waals surface area (Å²) in [5.74, 6) is -1.92. The lowest BCUT2D eigenvalue weighted by molar-refractivity contribution is -0.121. The monoisotopic (exact) mass is 298 g/mol. The first-order valence-corrected chi connectivity index (χ1v) is 6.89. The molecule has 108 valence electrons. The molecule has 20 heavy (non-hydrogen) atoms. The maximum absolute atomic E-state index is 13.5. The Hall–Kier alpha value is -1.56. The highest BCUT2D eigenvalue weighted by atomic mass is 32.1. The van der Waals surface area contributed by atoms with Gasteiger partial charge in [0.05, 0.1) is 16.9 Å². The molecule has 0 spiro atoms. The van der Waals surface area contributed by atoms with E-state index < -0.39 is 23.1 Å². The summed E-state index contributed by atoms with van der Waals surface area (Å²) in [6.07, 6.45) is 2.84. The number of amides is 1. The number of nitrogens with one attached hydrogen (secondary N) is 1. The maximum atomic E-state index is 13.5. The van der Waals surface area contributed by atoms with Gasteiger partial charge in [0, 0.05) is 5.56 Å². The summed E-state index contributed by atoms with van der Waals surface area (Å²) in [5.41, 5.74) is 4.77. The molecular formula is C14H16F2N2OS. The van der Waals surface area contributed by atoms with Gasteiger partial charge >= 0.3 is 0 Å². The standard InChI is InChI=1S/C14H16F2N2OS/c15-10-4-3-5-11(16)9(10)8-12(19)18-14(13(17)20)6-1-2-7-14/h3-5H,1-2,6-8H2,(H2,17,20)(H,18,19). The Bertz CT molecular complexity index is 522. The molecule has 0 radical (unpaired) electrons. The average Bonchev–Trinajstić information content (AvgIpc) is 2.84. The highest BCUT2D eigenvalue weighted by Crippen LogP contribution is 2.30. The van der Waals surface area contributed by atoms with Crippen LogP contribution in [0.25, 0.3) is 0 Å². The first kappa shape index (κ1) is 14.8. The zero-order chi connectivity index (χ0) is 14.8. The number of carbonyl (C=O) groups excluding carboxylic acids is 1. The lowest BCUT2D eigenvalue weighted by Gasteiger charge is -2.29. The molecule has 1 aliphatic rings. The summed E-state index contributed by atoms with van der Waals surface area (Å²) in [4.78, 5) is 12.3. The Labute approximate surface area is 121 Å². The minimum Gasteiger partial charge on any atom is -0.391 e. The van der Waals surface area contributed by atoms with Crippen LogP contribution in [0.5, 0.6) is 0 Å². The van der Waals surface area contributed by atoms with Crippen molar-refractivity contribution in [2.45, 2.75) is 37.6 Å². The van der Waals surface area contributed by atoms with Gasteiger partial charge in [0.1, 0.15) is 11.6 Å². The molecule has 6 heteroatoms. The quantitative estimate of drug-likeness (QED) is 0.838. The molecule has 1 aromatic carbocycles. The number of hydrogen-bond donors (Lipinski definition) is 2. The van der Waals surface area contributed by atoms with Gasteiger partial charge < -0.3 is 11.1 Å². The van der Waals surface area contributed by atoms with E-state index in [2.05, 4.69) is 5.32 Å². The molecule has 3 N–H and O–H groups in total. The maximum Gasteiger partial charge on any atom is 0.225 e.